The molecule has 7 heteroatoms. The van der Waals surface area contributed by atoms with Crippen LogP contribution < -0.4 is 4.72 Å². The van der Waals surface area contributed by atoms with Crippen LogP contribution in [0, 0.1) is 5.92 Å². The Labute approximate surface area is 215 Å². The first-order valence-electron chi connectivity index (χ1n) is 11.7. The summed E-state index contributed by atoms with van der Waals surface area (Å²) in [6, 6.07) is 0.219. The third kappa shape index (κ3) is 11.4. The highest BCUT2D eigenvalue weighted by Crippen LogP contribution is 2.22. The average molecular weight is 501 g/mol. The minimum absolute atomic E-state index is 0.101. The van der Waals surface area contributed by atoms with Crippen LogP contribution in [0.2, 0.25) is 0 Å². The molecule has 0 saturated heterocycles. The molecule has 1 heterocycles. The predicted octanol–water partition coefficient (Wildman–Crippen LogP) is 5.48. The average Bonchev–Trinajstić information content (AvgIpc) is 3.27. The van der Waals surface area contributed by atoms with Crippen LogP contribution in [0.1, 0.15) is 19.8 Å². The summed E-state index contributed by atoms with van der Waals surface area (Å²) in [4.78, 5) is 14.2. The molecule has 2 unspecified atom stereocenters. The first-order chi connectivity index (χ1) is 17.0. The maximum absolute atomic E-state index is 12.0. The molecule has 0 aromatic carbocycles. The fraction of sp³-hybridized carbons (Fsp3) is 0.393. The Balaban J connectivity index is 2.54. The van der Waals surface area contributed by atoms with E-state index in [2.05, 4.69) is 48.2 Å². The van der Waals surface area contributed by atoms with E-state index in [9.17, 15) is 4.79 Å². The molecule has 35 heavy (non-hydrogen) atoms. The number of nitrogens with zero attached hydrogens (tertiary/aromatic N) is 1. The SMILES string of the molecule is C=CCSNC(=O)C/C=C(OC)\C(=C/C)COC(/C=C/OCCN1C=C[C@@H](C=C)C1C=C)CC=C. The number of methoxy groups -OCH3 is 1. The third-order valence-electron chi connectivity index (χ3n) is 5.24. The quantitative estimate of drug-likeness (QED) is 0.0833. The number of ether oxygens (including phenoxy) is 3. The van der Waals surface area contributed by atoms with E-state index in [0.717, 1.165) is 12.1 Å². The van der Waals surface area contributed by atoms with E-state index >= 15 is 0 Å². The third-order valence-corrected chi connectivity index (χ3v) is 6.02. The van der Waals surface area contributed by atoms with E-state index in [-0.39, 0.29) is 30.4 Å². The number of hydrogen-bond acceptors (Lipinski definition) is 6. The van der Waals surface area contributed by atoms with Crippen LogP contribution >= 0.6 is 11.9 Å². The van der Waals surface area contributed by atoms with Crippen molar-refractivity contribution >= 4 is 17.9 Å². The Morgan fingerprint density at radius 2 is 2.03 bits per heavy atom. The largest absolute Gasteiger partial charge is 0.500 e. The zero-order chi connectivity index (χ0) is 25.9. The Bertz CT molecular complexity index is 816. The van der Waals surface area contributed by atoms with Crippen molar-refractivity contribution in [2.24, 2.45) is 5.92 Å². The van der Waals surface area contributed by atoms with Gasteiger partial charge in [-0.15, -0.1) is 26.3 Å². The number of carbonyl (C=O) groups is 1. The number of rotatable bonds is 19. The summed E-state index contributed by atoms with van der Waals surface area (Å²) in [5.41, 5.74) is 0.857. The summed E-state index contributed by atoms with van der Waals surface area (Å²) >= 11 is 1.30. The molecule has 0 spiro atoms. The molecular formula is C28H40N2O4S. The van der Waals surface area contributed by atoms with Gasteiger partial charge in [-0.3, -0.25) is 9.52 Å². The fourth-order valence-electron chi connectivity index (χ4n) is 3.36. The van der Waals surface area contributed by atoms with Gasteiger partial charge < -0.3 is 19.1 Å². The van der Waals surface area contributed by atoms with Crippen LogP contribution in [0.15, 0.2) is 98.7 Å². The molecule has 3 atom stereocenters. The molecule has 1 aliphatic heterocycles. The Kier molecular flexibility index (Phi) is 15.9. The molecule has 6 nitrogen and oxygen atoms in total. The molecule has 1 aliphatic rings. The maximum atomic E-state index is 12.0. The number of nitrogens with one attached hydrogen (secondary N) is 1. The normalized spacial score (nSPS) is 18.9. The van der Waals surface area contributed by atoms with Crippen LogP contribution in [0.4, 0.5) is 0 Å². The van der Waals surface area contributed by atoms with Crippen molar-refractivity contribution in [3.63, 3.8) is 0 Å². The summed E-state index contributed by atoms with van der Waals surface area (Å²) in [5, 5.41) is 0. The molecular weight excluding hydrogens is 460 g/mol. The van der Waals surface area contributed by atoms with Gasteiger partial charge in [-0.25, -0.2) is 0 Å². The van der Waals surface area contributed by atoms with Gasteiger partial charge in [0.25, 0.3) is 0 Å². The zero-order valence-corrected chi connectivity index (χ0v) is 21.9. The second kappa shape index (κ2) is 18.4. The second-order valence-corrected chi connectivity index (χ2v) is 8.43. The summed E-state index contributed by atoms with van der Waals surface area (Å²) < 4.78 is 20.0. The summed E-state index contributed by atoms with van der Waals surface area (Å²) in [6.07, 6.45) is 19.5. The van der Waals surface area contributed by atoms with Crippen molar-refractivity contribution in [3.8, 4) is 0 Å². The van der Waals surface area contributed by atoms with Crippen molar-refractivity contribution in [1.29, 1.82) is 0 Å². The van der Waals surface area contributed by atoms with Crippen molar-refractivity contribution in [2.75, 3.05) is 32.6 Å². The number of allylic oxidation sites excluding steroid dienone is 1. The lowest BCUT2D eigenvalue weighted by molar-refractivity contribution is -0.118. The van der Waals surface area contributed by atoms with E-state index in [0.29, 0.717) is 31.1 Å². The van der Waals surface area contributed by atoms with Gasteiger partial charge in [0.05, 0.1) is 38.7 Å². The summed E-state index contributed by atoms with van der Waals surface area (Å²) in [7, 11) is 1.58. The van der Waals surface area contributed by atoms with Crippen molar-refractivity contribution in [3.05, 3.63) is 98.7 Å². The van der Waals surface area contributed by atoms with E-state index in [4.69, 9.17) is 14.2 Å². The molecule has 0 fully saturated rings. The van der Waals surface area contributed by atoms with Crippen LogP contribution in [-0.2, 0) is 19.0 Å². The highest BCUT2D eigenvalue weighted by molar-refractivity contribution is 7.98. The number of amides is 1. The van der Waals surface area contributed by atoms with Gasteiger partial charge in [0.15, 0.2) is 0 Å². The monoisotopic (exact) mass is 500 g/mol. The van der Waals surface area contributed by atoms with Gasteiger partial charge in [0.1, 0.15) is 12.4 Å². The first-order valence-corrected chi connectivity index (χ1v) is 12.6. The minimum atomic E-state index is -0.197. The first kappa shape index (κ1) is 30.1. The van der Waals surface area contributed by atoms with Gasteiger partial charge >= 0.3 is 0 Å². The van der Waals surface area contributed by atoms with Crippen LogP contribution in [0.25, 0.3) is 0 Å². The number of hydrogen-bond donors (Lipinski definition) is 1. The molecule has 1 N–H and O–H groups in total. The van der Waals surface area contributed by atoms with Gasteiger partial charge in [0, 0.05) is 23.7 Å². The van der Waals surface area contributed by atoms with E-state index < -0.39 is 0 Å². The zero-order valence-electron chi connectivity index (χ0n) is 21.1. The second-order valence-electron chi connectivity index (χ2n) is 7.61. The Hall–Kier alpha value is -2.90. The van der Waals surface area contributed by atoms with Crippen LogP contribution in [0.5, 0.6) is 0 Å². The van der Waals surface area contributed by atoms with Crippen molar-refractivity contribution < 1.29 is 19.0 Å². The van der Waals surface area contributed by atoms with Gasteiger partial charge in [0.2, 0.25) is 5.91 Å². The molecule has 0 aromatic heterocycles. The standard InChI is InChI=1S/C28H40N2O4S/c1-7-12-25(16-19-33-20-18-30-17-15-23(9-3)26(30)11-5)34-22-24(10-4)27(32-6)13-14-28(31)29-35-21-8-2/h7-11,13,15-17,19,23,25-26H,1-3,5,12,14,18,20-22H2,4,6H3,(H,29,31)/b19-16+,24-10-,27-13+/t23-,25?,26?/m1/s1. The molecule has 0 aromatic rings. The highest BCUT2D eigenvalue weighted by Gasteiger charge is 2.23. The van der Waals surface area contributed by atoms with Crippen LogP contribution in [-0.4, -0.2) is 55.6 Å². The molecule has 0 saturated carbocycles. The Morgan fingerprint density at radius 1 is 1.23 bits per heavy atom. The molecule has 1 rings (SSSR count). The lowest BCUT2D eigenvalue weighted by atomic mass is 10.0. The topological polar surface area (TPSA) is 60.0 Å². The fourth-order valence-corrected chi connectivity index (χ4v) is 3.81. The summed E-state index contributed by atoms with van der Waals surface area (Å²) in [5.74, 6) is 1.45. The minimum Gasteiger partial charge on any atom is -0.500 e. The smallest absolute Gasteiger partial charge is 0.233 e. The van der Waals surface area contributed by atoms with E-state index in [1.54, 1.807) is 25.5 Å². The van der Waals surface area contributed by atoms with Gasteiger partial charge in [-0.2, -0.15) is 0 Å². The van der Waals surface area contributed by atoms with Crippen LogP contribution in [0.3, 0.4) is 0 Å². The molecule has 0 aliphatic carbocycles. The van der Waals surface area contributed by atoms with Crippen molar-refractivity contribution in [2.45, 2.75) is 31.9 Å². The number of carbonyl (C=O) groups excluding carboxylic acids is 1. The van der Waals surface area contributed by atoms with Gasteiger partial charge in [-0.1, -0.05) is 36.5 Å². The maximum Gasteiger partial charge on any atom is 0.233 e. The molecule has 192 valence electrons. The molecule has 0 bridgehead atoms. The summed E-state index contributed by atoms with van der Waals surface area (Å²) in [6.45, 7) is 18.8. The van der Waals surface area contributed by atoms with E-state index in [1.807, 2.05) is 37.3 Å². The highest BCUT2D eigenvalue weighted by atomic mass is 32.2. The molecule has 1 amide bonds. The van der Waals surface area contributed by atoms with E-state index in [1.165, 1.54) is 11.9 Å². The Morgan fingerprint density at radius 3 is 2.66 bits per heavy atom. The lowest BCUT2D eigenvalue weighted by Crippen LogP contribution is -2.31. The van der Waals surface area contributed by atoms with Crippen molar-refractivity contribution in [1.82, 2.24) is 9.62 Å². The lowest BCUT2D eigenvalue weighted by Gasteiger charge is -2.25. The predicted molar refractivity (Wildman–Crippen MR) is 147 cm³/mol. The molecule has 0 radical (unpaired) electrons. The van der Waals surface area contributed by atoms with Gasteiger partial charge in [-0.05, 0) is 43.6 Å².